The average Bonchev–Trinajstić information content (AvgIpc) is 2.30. The van der Waals surface area contributed by atoms with E-state index in [1.54, 1.807) is 6.08 Å². The molecule has 0 heterocycles. The Hall–Kier alpha value is -0.730. The summed E-state index contributed by atoms with van der Waals surface area (Å²) in [6.07, 6.45) is 10.9. The lowest BCUT2D eigenvalue weighted by Crippen LogP contribution is -2.19. The lowest BCUT2D eigenvalue weighted by atomic mass is 10.0. The average molecular weight is 290 g/mol. The smallest absolute Gasteiger partial charge is 0.252 e. The summed E-state index contributed by atoms with van der Waals surface area (Å²) in [6, 6.07) is 0. The molecule has 18 heavy (non-hydrogen) atoms. The molecule has 0 atom stereocenters. The molecule has 0 aliphatic heterocycles. The van der Waals surface area contributed by atoms with E-state index in [1.807, 2.05) is 12.2 Å². The van der Waals surface area contributed by atoms with Crippen LogP contribution in [0, 0.1) is 0 Å². The molecule has 1 aliphatic rings. The number of halogens is 2. The molecule has 0 aromatic heterocycles. The zero-order chi connectivity index (χ0) is 12.7. The number of hydrogen-bond acceptors (Lipinski definition) is 2. The van der Waals surface area contributed by atoms with Crippen LogP contribution in [0.3, 0.4) is 0 Å². The van der Waals surface area contributed by atoms with Gasteiger partial charge in [0.05, 0.1) is 0 Å². The largest absolute Gasteiger partial charge is 0.377 e. The fraction of sp³-hybridized carbons (Fsp3) is 0.500. The zero-order valence-corrected chi connectivity index (χ0v) is 12.6. The molecule has 0 N–H and O–H groups in total. The van der Waals surface area contributed by atoms with Gasteiger partial charge in [-0.3, -0.25) is 4.79 Å². The molecule has 1 rings (SSSR count). The molecular formula is C14H21Cl2NO. The highest BCUT2D eigenvalue weighted by Gasteiger charge is 2.07. The summed E-state index contributed by atoms with van der Waals surface area (Å²) in [5.41, 5.74) is 1.83. The molecule has 0 fully saturated rings. The molecule has 4 heteroatoms. The summed E-state index contributed by atoms with van der Waals surface area (Å²) in [7, 11) is 0. The first kappa shape index (κ1) is 17.3. The Morgan fingerprint density at radius 1 is 1.33 bits per heavy atom. The standard InChI is InChI=1S/C14H20ClNO.ClH/c1-3-9-16(10-4-2)11-12-5-7-13(8-6-12)14(15)17;/h5,7-8,11H,3-4,6,9-10H2,1-2H3;1H. The summed E-state index contributed by atoms with van der Waals surface area (Å²) in [6.45, 7) is 6.52. The first-order valence-corrected chi connectivity index (χ1v) is 6.58. The van der Waals surface area contributed by atoms with Crippen LogP contribution in [-0.2, 0) is 4.79 Å². The van der Waals surface area contributed by atoms with Crippen LogP contribution in [0.1, 0.15) is 33.1 Å². The first-order valence-electron chi connectivity index (χ1n) is 6.20. The minimum atomic E-state index is -0.376. The molecule has 0 aromatic carbocycles. The molecule has 1 aliphatic carbocycles. The van der Waals surface area contributed by atoms with Gasteiger partial charge in [0.2, 0.25) is 0 Å². The third-order valence-corrected chi connectivity index (χ3v) is 2.85. The van der Waals surface area contributed by atoms with Gasteiger partial charge < -0.3 is 4.90 Å². The third kappa shape index (κ3) is 5.74. The Morgan fingerprint density at radius 3 is 2.33 bits per heavy atom. The van der Waals surface area contributed by atoms with Gasteiger partial charge in [-0.25, -0.2) is 0 Å². The number of carbonyl (C=O) groups excluding carboxylic acids is 1. The van der Waals surface area contributed by atoms with Gasteiger partial charge in [-0.2, -0.15) is 0 Å². The van der Waals surface area contributed by atoms with E-state index in [2.05, 4.69) is 24.9 Å². The fourth-order valence-corrected chi connectivity index (χ4v) is 1.99. The Balaban J connectivity index is 0.00000289. The summed E-state index contributed by atoms with van der Waals surface area (Å²) in [5, 5.41) is -0.376. The molecule has 0 spiro atoms. The Morgan fingerprint density at radius 2 is 1.94 bits per heavy atom. The minimum absolute atomic E-state index is 0. The Labute approximate surface area is 121 Å². The molecule has 2 nitrogen and oxygen atoms in total. The maximum atomic E-state index is 10.9. The molecule has 0 aromatic rings. The molecule has 0 amide bonds. The number of carbonyl (C=O) groups is 1. The number of nitrogens with zero attached hydrogens (tertiary/aromatic N) is 1. The molecular weight excluding hydrogens is 269 g/mol. The molecule has 0 saturated carbocycles. The van der Waals surface area contributed by atoms with Crippen LogP contribution in [0.25, 0.3) is 0 Å². The normalized spacial score (nSPS) is 16.2. The van der Waals surface area contributed by atoms with Crippen molar-refractivity contribution >= 4 is 29.3 Å². The van der Waals surface area contributed by atoms with E-state index in [0.717, 1.165) is 32.4 Å². The highest BCUT2D eigenvalue weighted by Crippen LogP contribution is 2.18. The Bertz CT molecular complexity index is 353. The van der Waals surface area contributed by atoms with Gasteiger partial charge in [0.1, 0.15) is 0 Å². The van der Waals surface area contributed by atoms with Crippen molar-refractivity contribution in [2.75, 3.05) is 13.1 Å². The first-order chi connectivity index (χ1) is 8.17. The van der Waals surface area contributed by atoms with Crippen molar-refractivity contribution in [3.05, 3.63) is 35.6 Å². The molecule has 0 radical (unpaired) electrons. The van der Waals surface area contributed by atoms with E-state index in [1.165, 1.54) is 5.57 Å². The SMILES string of the molecule is CCCN(C=C1C=CC(C(=O)Cl)=CC1)CCC.Cl. The van der Waals surface area contributed by atoms with E-state index in [-0.39, 0.29) is 17.6 Å². The van der Waals surface area contributed by atoms with Crippen molar-refractivity contribution in [3.8, 4) is 0 Å². The van der Waals surface area contributed by atoms with Crippen LogP contribution < -0.4 is 0 Å². The summed E-state index contributed by atoms with van der Waals surface area (Å²) >= 11 is 5.42. The van der Waals surface area contributed by atoms with Crippen LogP contribution in [-0.4, -0.2) is 23.2 Å². The van der Waals surface area contributed by atoms with Crippen LogP contribution in [0.15, 0.2) is 35.6 Å². The topological polar surface area (TPSA) is 20.3 Å². The second-order valence-corrected chi connectivity index (χ2v) is 4.55. The molecule has 0 saturated heterocycles. The third-order valence-electron chi connectivity index (χ3n) is 2.63. The van der Waals surface area contributed by atoms with Crippen molar-refractivity contribution in [2.24, 2.45) is 0 Å². The minimum Gasteiger partial charge on any atom is -0.377 e. The van der Waals surface area contributed by atoms with Crippen LogP contribution >= 0.6 is 24.0 Å². The van der Waals surface area contributed by atoms with Crippen molar-refractivity contribution in [3.63, 3.8) is 0 Å². The Kier molecular flexibility index (Phi) is 8.86. The van der Waals surface area contributed by atoms with Gasteiger partial charge in [-0.05, 0) is 36.4 Å². The van der Waals surface area contributed by atoms with Crippen molar-refractivity contribution in [1.82, 2.24) is 4.90 Å². The fourth-order valence-electron chi connectivity index (χ4n) is 1.85. The lowest BCUT2D eigenvalue weighted by Gasteiger charge is -2.20. The lowest BCUT2D eigenvalue weighted by molar-refractivity contribution is -0.108. The quantitative estimate of drug-likeness (QED) is 0.687. The van der Waals surface area contributed by atoms with Crippen molar-refractivity contribution in [2.45, 2.75) is 33.1 Å². The molecule has 0 bridgehead atoms. The second kappa shape index (κ2) is 9.23. The summed E-state index contributed by atoms with van der Waals surface area (Å²) in [5.74, 6) is 0. The van der Waals surface area contributed by atoms with Crippen molar-refractivity contribution in [1.29, 1.82) is 0 Å². The maximum absolute atomic E-state index is 10.9. The number of allylic oxidation sites excluding steroid dienone is 5. The van der Waals surface area contributed by atoms with E-state index < -0.39 is 0 Å². The second-order valence-electron chi connectivity index (χ2n) is 4.21. The predicted molar refractivity (Wildman–Crippen MR) is 80.2 cm³/mol. The molecule has 102 valence electrons. The maximum Gasteiger partial charge on any atom is 0.252 e. The summed E-state index contributed by atoms with van der Waals surface area (Å²) < 4.78 is 0. The van der Waals surface area contributed by atoms with E-state index in [4.69, 9.17) is 11.6 Å². The van der Waals surface area contributed by atoms with Gasteiger partial charge >= 0.3 is 0 Å². The number of hydrogen-bond donors (Lipinski definition) is 0. The van der Waals surface area contributed by atoms with E-state index in [0.29, 0.717) is 5.57 Å². The van der Waals surface area contributed by atoms with Gasteiger partial charge in [-0.1, -0.05) is 32.1 Å². The predicted octanol–water partition coefficient (Wildman–Crippen LogP) is 4.07. The van der Waals surface area contributed by atoms with Gasteiger partial charge in [0.25, 0.3) is 5.24 Å². The highest BCUT2D eigenvalue weighted by atomic mass is 35.5. The van der Waals surface area contributed by atoms with Gasteiger partial charge in [0.15, 0.2) is 0 Å². The van der Waals surface area contributed by atoms with Gasteiger partial charge in [-0.15, -0.1) is 12.4 Å². The van der Waals surface area contributed by atoms with E-state index >= 15 is 0 Å². The van der Waals surface area contributed by atoms with Crippen LogP contribution in [0.2, 0.25) is 0 Å². The highest BCUT2D eigenvalue weighted by molar-refractivity contribution is 6.68. The van der Waals surface area contributed by atoms with Crippen LogP contribution in [0.5, 0.6) is 0 Å². The van der Waals surface area contributed by atoms with Gasteiger partial charge in [0, 0.05) is 24.9 Å². The number of rotatable bonds is 6. The monoisotopic (exact) mass is 289 g/mol. The summed E-state index contributed by atoms with van der Waals surface area (Å²) in [4.78, 5) is 13.3. The van der Waals surface area contributed by atoms with Crippen LogP contribution in [0.4, 0.5) is 0 Å². The van der Waals surface area contributed by atoms with Crippen molar-refractivity contribution < 1.29 is 4.79 Å². The molecule has 0 unspecified atom stereocenters. The van der Waals surface area contributed by atoms with E-state index in [9.17, 15) is 4.79 Å². The zero-order valence-electron chi connectivity index (χ0n) is 11.0.